The molecular formula is C21H16N2O3. The molecule has 3 N–H and O–H groups in total. The number of hydrogen-bond acceptors (Lipinski definition) is 5. The molecule has 0 saturated heterocycles. The molecule has 1 atom stereocenters. The monoisotopic (exact) mass is 344 g/mol. The minimum Gasteiger partial charge on any atom is -0.508 e. The summed E-state index contributed by atoms with van der Waals surface area (Å²) in [5.74, 6) is 1.17. The minimum absolute atomic E-state index is 0.0975. The number of methoxy groups -OCH3 is 1. The van der Waals surface area contributed by atoms with Gasteiger partial charge >= 0.3 is 0 Å². The molecular weight excluding hydrogens is 328 g/mol. The topological polar surface area (TPSA) is 88.5 Å². The third kappa shape index (κ3) is 2.40. The third-order valence-corrected chi connectivity index (χ3v) is 4.64. The fourth-order valence-electron chi connectivity index (χ4n) is 3.41. The zero-order valence-corrected chi connectivity index (χ0v) is 14.1. The largest absolute Gasteiger partial charge is 0.508 e. The Morgan fingerprint density at radius 2 is 1.85 bits per heavy atom. The van der Waals surface area contributed by atoms with Gasteiger partial charge in [0.15, 0.2) is 0 Å². The number of nitriles is 1. The molecule has 128 valence electrons. The molecule has 0 fully saturated rings. The Labute approximate surface area is 150 Å². The van der Waals surface area contributed by atoms with Crippen LogP contribution in [0.4, 0.5) is 0 Å². The van der Waals surface area contributed by atoms with Crippen LogP contribution < -0.4 is 15.2 Å². The number of nitrogens with two attached hydrogens (primary N) is 1. The highest BCUT2D eigenvalue weighted by atomic mass is 16.5. The lowest BCUT2D eigenvalue weighted by Gasteiger charge is -2.28. The van der Waals surface area contributed by atoms with Crippen molar-refractivity contribution < 1.29 is 14.6 Å². The summed E-state index contributed by atoms with van der Waals surface area (Å²) in [6.45, 7) is 0. The van der Waals surface area contributed by atoms with Gasteiger partial charge in [-0.05, 0) is 46.7 Å². The lowest BCUT2D eigenvalue weighted by molar-refractivity contribution is 0.394. The number of aromatic hydroxyl groups is 1. The molecule has 5 heteroatoms. The molecule has 0 amide bonds. The molecule has 0 bridgehead atoms. The van der Waals surface area contributed by atoms with Crippen molar-refractivity contribution in [3.63, 3.8) is 0 Å². The van der Waals surface area contributed by atoms with E-state index in [0.717, 1.165) is 27.6 Å². The van der Waals surface area contributed by atoms with Crippen molar-refractivity contribution in [1.82, 2.24) is 0 Å². The molecule has 4 rings (SSSR count). The highest BCUT2D eigenvalue weighted by Gasteiger charge is 2.32. The molecule has 3 aromatic carbocycles. The quantitative estimate of drug-likeness (QED) is 0.739. The highest BCUT2D eigenvalue weighted by Crippen LogP contribution is 2.46. The summed E-state index contributed by atoms with van der Waals surface area (Å²) in [6.07, 6.45) is 0. The van der Waals surface area contributed by atoms with Crippen LogP contribution in [0.2, 0.25) is 0 Å². The lowest BCUT2D eigenvalue weighted by atomic mass is 9.81. The van der Waals surface area contributed by atoms with Crippen molar-refractivity contribution >= 4 is 10.8 Å². The molecule has 5 nitrogen and oxygen atoms in total. The smallest absolute Gasteiger partial charge is 0.205 e. The SMILES string of the molecule is COc1ccc([C@H]2C(C#N)=C(N)Oc3ccc4ccc(O)cc4c32)cc1. The summed E-state index contributed by atoms with van der Waals surface area (Å²) >= 11 is 0. The molecule has 1 aliphatic rings. The number of phenolic OH excluding ortho intramolecular Hbond substituents is 1. The van der Waals surface area contributed by atoms with E-state index in [1.807, 2.05) is 42.5 Å². The lowest BCUT2D eigenvalue weighted by Crippen LogP contribution is -2.21. The van der Waals surface area contributed by atoms with Crippen LogP contribution in [-0.4, -0.2) is 12.2 Å². The van der Waals surface area contributed by atoms with Crippen LogP contribution in [-0.2, 0) is 0 Å². The number of phenols is 1. The maximum absolute atomic E-state index is 9.97. The van der Waals surface area contributed by atoms with Gasteiger partial charge in [0, 0.05) is 5.56 Å². The number of nitrogens with zero attached hydrogens (tertiary/aromatic N) is 1. The van der Waals surface area contributed by atoms with E-state index in [4.69, 9.17) is 15.2 Å². The van der Waals surface area contributed by atoms with Crippen LogP contribution in [0, 0.1) is 11.3 Å². The summed E-state index contributed by atoms with van der Waals surface area (Å²) in [7, 11) is 1.60. The van der Waals surface area contributed by atoms with E-state index >= 15 is 0 Å². The predicted molar refractivity (Wildman–Crippen MR) is 97.9 cm³/mol. The van der Waals surface area contributed by atoms with Gasteiger partial charge < -0.3 is 20.3 Å². The number of ether oxygens (including phenoxy) is 2. The number of hydrogen-bond donors (Lipinski definition) is 2. The maximum Gasteiger partial charge on any atom is 0.205 e. The second kappa shape index (κ2) is 6.01. The Bertz CT molecular complexity index is 1080. The van der Waals surface area contributed by atoms with Gasteiger partial charge in [0.1, 0.15) is 28.9 Å². The zero-order chi connectivity index (χ0) is 18.3. The van der Waals surface area contributed by atoms with Crippen molar-refractivity contribution in [1.29, 1.82) is 5.26 Å². The van der Waals surface area contributed by atoms with Gasteiger partial charge in [-0.25, -0.2) is 0 Å². The summed E-state index contributed by atoms with van der Waals surface area (Å²) < 4.78 is 10.9. The first-order valence-corrected chi connectivity index (χ1v) is 8.09. The molecule has 3 aromatic rings. The molecule has 0 aliphatic carbocycles. The van der Waals surface area contributed by atoms with Crippen molar-refractivity contribution in [2.75, 3.05) is 7.11 Å². The maximum atomic E-state index is 9.97. The van der Waals surface area contributed by atoms with E-state index in [2.05, 4.69) is 6.07 Å². The molecule has 0 saturated carbocycles. The Balaban J connectivity index is 2.02. The average Bonchev–Trinajstić information content (AvgIpc) is 2.66. The molecule has 0 unspecified atom stereocenters. The molecule has 0 spiro atoms. The van der Waals surface area contributed by atoms with Gasteiger partial charge in [-0.2, -0.15) is 5.26 Å². The van der Waals surface area contributed by atoms with E-state index in [9.17, 15) is 10.4 Å². The predicted octanol–water partition coefficient (Wildman–Crippen LogP) is 3.77. The van der Waals surface area contributed by atoms with E-state index in [1.54, 1.807) is 19.2 Å². The van der Waals surface area contributed by atoms with Crippen molar-refractivity contribution in [3.8, 4) is 23.3 Å². The van der Waals surface area contributed by atoms with Crippen molar-refractivity contribution in [2.45, 2.75) is 5.92 Å². The fraction of sp³-hybridized carbons (Fsp3) is 0.0952. The van der Waals surface area contributed by atoms with Gasteiger partial charge in [-0.3, -0.25) is 0 Å². The highest BCUT2D eigenvalue weighted by molar-refractivity contribution is 5.91. The Kier molecular flexibility index (Phi) is 3.67. The second-order valence-corrected chi connectivity index (χ2v) is 6.08. The molecule has 0 radical (unpaired) electrons. The van der Waals surface area contributed by atoms with E-state index in [1.165, 1.54) is 0 Å². The Hall–Kier alpha value is -3.65. The van der Waals surface area contributed by atoms with Gasteiger partial charge in [0.05, 0.1) is 13.0 Å². The second-order valence-electron chi connectivity index (χ2n) is 6.08. The van der Waals surface area contributed by atoms with E-state index < -0.39 is 0 Å². The van der Waals surface area contributed by atoms with E-state index in [-0.39, 0.29) is 17.6 Å². The first kappa shape index (κ1) is 15.9. The molecule has 0 aromatic heterocycles. The van der Waals surface area contributed by atoms with Gasteiger partial charge in [-0.1, -0.05) is 24.3 Å². The van der Waals surface area contributed by atoms with Gasteiger partial charge in [0.25, 0.3) is 0 Å². The normalized spacial score (nSPS) is 15.9. The van der Waals surface area contributed by atoms with Gasteiger partial charge in [-0.15, -0.1) is 0 Å². The summed E-state index contributed by atoms with van der Waals surface area (Å²) in [5.41, 5.74) is 8.08. The van der Waals surface area contributed by atoms with Gasteiger partial charge in [0.2, 0.25) is 5.88 Å². The minimum atomic E-state index is -0.389. The first-order valence-electron chi connectivity index (χ1n) is 8.09. The van der Waals surface area contributed by atoms with Crippen LogP contribution in [0.1, 0.15) is 17.0 Å². The molecule has 1 aliphatic heterocycles. The standard InChI is InChI=1S/C21H16N2O3/c1-25-15-7-3-13(4-8-15)19-17(11-22)21(23)26-18-9-5-12-2-6-14(24)10-16(12)20(18)19/h2-10,19,24H,23H2,1H3/t19-/m0/s1. The van der Waals surface area contributed by atoms with E-state index in [0.29, 0.717) is 11.3 Å². The van der Waals surface area contributed by atoms with Crippen molar-refractivity contribution in [3.05, 3.63) is 77.2 Å². The number of fused-ring (bicyclic) bond motifs is 3. The molecule has 26 heavy (non-hydrogen) atoms. The number of allylic oxidation sites excluding steroid dienone is 1. The number of rotatable bonds is 2. The zero-order valence-electron chi connectivity index (χ0n) is 14.1. The fourth-order valence-corrected chi connectivity index (χ4v) is 3.41. The Morgan fingerprint density at radius 3 is 2.54 bits per heavy atom. The average molecular weight is 344 g/mol. The molecule has 1 heterocycles. The van der Waals surface area contributed by atoms with Crippen LogP contribution in [0.25, 0.3) is 10.8 Å². The summed E-state index contributed by atoms with van der Waals surface area (Å²) in [6, 6.07) is 18.6. The number of benzene rings is 3. The summed E-state index contributed by atoms with van der Waals surface area (Å²) in [5, 5.41) is 21.4. The van der Waals surface area contributed by atoms with Crippen LogP contribution >= 0.6 is 0 Å². The van der Waals surface area contributed by atoms with Crippen molar-refractivity contribution in [2.24, 2.45) is 5.73 Å². The van der Waals surface area contributed by atoms with Crippen LogP contribution in [0.3, 0.4) is 0 Å². The summed E-state index contributed by atoms with van der Waals surface area (Å²) in [4.78, 5) is 0. The third-order valence-electron chi connectivity index (χ3n) is 4.64. The Morgan fingerprint density at radius 1 is 1.12 bits per heavy atom. The van der Waals surface area contributed by atoms with Crippen LogP contribution in [0.15, 0.2) is 66.1 Å². The first-order chi connectivity index (χ1) is 12.6. The van der Waals surface area contributed by atoms with Crippen LogP contribution in [0.5, 0.6) is 17.2 Å².